The lowest BCUT2D eigenvalue weighted by atomic mass is 10.2. The summed E-state index contributed by atoms with van der Waals surface area (Å²) in [7, 11) is 2.01. The minimum atomic E-state index is -2.59. The number of carbonyl (C=O) groups excluding carboxylic acids is 2. The van der Waals surface area contributed by atoms with E-state index < -0.39 is 14.8 Å². The highest BCUT2D eigenvalue weighted by molar-refractivity contribution is 6.60. The molecule has 0 unspecified atom stereocenters. The molecule has 7 heteroatoms. The van der Waals surface area contributed by atoms with E-state index in [0.717, 1.165) is 0 Å². The summed E-state index contributed by atoms with van der Waals surface area (Å²) in [5.41, 5.74) is 0. The van der Waals surface area contributed by atoms with Crippen molar-refractivity contribution in [2.24, 2.45) is 0 Å². The maximum atomic E-state index is 11.2. The van der Waals surface area contributed by atoms with E-state index in [4.69, 9.17) is 18.0 Å². The lowest BCUT2D eigenvalue weighted by molar-refractivity contribution is -0.146. The number of rotatable bonds is 10. The number of hydrogen-bond acceptors (Lipinski definition) is 6. The number of hydrogen-bond donors (Lipinski definition) is 0. The van der Waals surface area contributed by atoms with Crippen LogP contribution >= 0.6 is 0 Å². The number of Topliss-reactive ketones (excluding diaryl/α,β-unsaturated/α-hetero) is 1. The Kier molecular flexibility index (Phi) is 8.81. The van der Waals surface area contributed by atoms with Crippen molar-refractivity contribution in [1.29, 1.82) is 0 Å². The van der Waals surface area contributed by atoms with Crippen molar-refractivity contribution in [3.05, 3.63) is 0 Å². The van der Waals surface area contributed by atoms with Crippen molar-refractivity contribution < 1.29 is 27.6 Å². The molecule has 6 nitrogen and oxygen atoms in total. The van der Waals surface area contributed by atoms with Crippen LogP contribution in [0.2, 0.25) is 6.04 Å². The summed E-state index contributed by atoms with van der Waals surface area (Å²) in [5, 5.41) is 0. The highest BCUT2D eigenvalue weighted by Gasteiger charge is 2.36. The zero-order valence-electron chi connectivity index (χ0n) is 11.5. The summed E-state index contributed by atoms with van der Waals surface area (Å²) >= 11 is 0. The Labute approximate surface area is 109 Å². The van der Waals surface area contributed by atoms with Crippen LogP contribution in [0, 0.1) is 0 Å². The van der Waals surface area contributed by atoms with Gasteiger partial charge in [0.05, 0.1) is 6.61 Å². The molecule has 0 aliphatic carbocycles. The van der Waals surface area contributed by atoms with Crippen LogP contribution in [0.25, 0.3) is 0 Å². The van der Waals surface area contributed by atoms with E-state index >= 15 is 0 Å². The Morgan fingerprint density at radius 3 is 2.06 bits per heavy atom. The number of carbonyl (C=O) groups is 2. The molecule has 0 saturated heterocycles. The quantitative estimate of drug-likeness (QED) is 0.258. The Bertz CT molecular complexity index is 256. The largest absolute Gasteiger partial charge is 0.500 e. The minimum absolute atomic E-state index is 0.116. The summed E-state index contributed by atoms with van der Waals surface area (Å²) in [4.78, 5) is 22.2. The van der Waals surface area contributed by atoms with Crippen molar-refractivity contribution in [1.82, 2.24) is 0 Å². The van der Waals surface area contributed by atoms with Gasteiger partial charge in [0.1, 0.15) is 12.2 Å². The van der Waals surface area contributed by atoms with Crippen molar-refractivity contribution in [2.75, 3.05) is 27.9 Å². The van der Waals surface area contributed by atoms with Gasteiger partial charge in [0, 0.05) is 33.8 Å². The molecule has 0 spiro atoms. The number of esters is 1. The van der Waals surface area contributed by atoms with Crippen molar-refractivity contribution in [3.8, 4) is 0 Å². The van der Waals surface area contributed by atoms with Crippen LogP contribution in [0.1, 0.15) is 26.2 Å². The molecule has 0 aromatic heterocycles. The van der Waals surface area contributed by atoms with Gasteiger partial charge in [-0.25, -0.2) is 0 Å². The Balaban J connectivity index is 3.85. The average Bonchev–Trinajstić information content (AvgIpc) is 2.39. The third-order valence-electron chi connectivity index (χ3n) is 2.56. The SMILES string of the molecule is CCC(=O)CC(=O)OCCC[Si](OC)(OC)OC. The van der Waals surface area contributed by atoms with Gasteiger partial charge in [0.2, 0.25) is 0 Å². The van der Waals surface area contributed by atoms with Gasteiger partial charge in [-0.2, -0.15) is 0 Å². The van der Waals surface area contributed by atoms with Gasteiger partial charge >= 0.3 is 14.8 Å². The summed E-state index contributed by atoms with van der Waals surface area (Å²) in [6.07, 6.45) is 0.772. The molecule has 0 bridgehead atoms. The lowest BCUT2D eigenvalue weighted by Crippen LogP contribution is -2.42. The number of ketones is 1. The summed E-state index contributed by atoms with van der Waals surface area (Å²) in [6, 6.07) is 0.561. The van der Waals surface area contributed by atoms with Crippen LogP contribution < -0.4 is 0 Å². The summed E-state index contributed by atoms with van der Waals surface area (Å²) in [6.45, 7) is 1.95. The highest BCUT2D eigenvalue weighted by Crippen LogP contribution is 2.14. The van der Waals surface area contributed by atoms with Crippen molar-refractivity contribution in [3.63, 3.8) is 0 Å². The molecule has 0 fully saturated rings. The van der Waals surface area contributed by atoms with Gasteiger partial charge in [0.15, 0.2) is 0 Å². The normalized spacial score (nSPS) is 11.3. The first-order chi connectivity index (χ1) is 8.53. The molecule has 0 aromatic carbocycles. The molecular formula is C11H22O6Si. The molecule has 0 rings (SSSR count). The Morgan fingerprint density at radius 2 is 1.61 bits per heavy atom. The highest BCUT2D eigenvalue weighted by atomic mass is 28.4. The van der Waals surface area contributed by atoms with Crippen molar-refractivity contribution >= 4 is 20.6 Å². The molecule has 0 radical (unpaired) electrons. The Morgan fingerprint density at radius 1 is 1.06 bits per heavy atom. The van der Waals surface area contributed by atoms with E-state index in [1.54, 1.807) is 6.92 Å². The molecule has 0 atom stereocenters. The van der Waals surface area contributed by atoms with E-state index in [1.807, 2.05) is 0 Å². The zero-order chi connectivity index (χ0) is 14.0. The first-order valence-electron chi connectivity index (χ1n) is 5.86. The molecule has 0 aliphatic rings. The van der Waals surface area contributed by atoms with Crippen LogP contribution in [-0.4, -0.2) is 48.5 Å². The van der Waals surface area contributed by atoms with Gasteiger partial charge in [0.25, 0.3) is 0 Å². The lowest BCUT2D eigenvalue weighted by Gasteiger charge is -2.24. The van der Waals surface area contributed by atoms with E-state index in [1.165, 1.54) is 21.3 Å². The van der Waals surface area contributed by atoms with Crippen LogP contribution in [0.3, 0.4) is 0 Å². The zero-order valence-corrected chi connectivity index (χ0v) is 12.5. The fraction of sp³-hybridized carbons (Fsp3) is 0.818. The maximum Gasteiger partial charge on any atom is 0.500 e. The van der Waals surface area contributed by atoms with E-state index in [9.17, 15) is 9.59 Å². The predicted molar refractivity (Wildman–Crippen MR) is 67.1 cm³/mol. The molecule has 0 aliphatic heterocycles. The second kappa shape index (κ2) is 9.20. The second-order valence-corrected chi connectivity index (χ2v) is 6.78. The topological polar surface area (TPSA) is 71.1 Å². The average molecular weight is 278 g/mol. The molecule has 0 amide bonds. The van der Waals surface area contributed by atoms with E-state index in [2.05, 4.69) is 0 Å². The first-order valence-corrected chi connectivity index (χ1v) is 7.79. The fourth-order valence-electron chi connectivity index (χ4n) is 1.37. The van der Waals surface area contributed by atoms with Gasteiger partial charge < -0.3 is 18.0 Å². The van der Waals surface area contributed by atoms with Gasteiger partial charge in [-0.3, -0.25) is 9.59 Å². The van der Waals surface area contributed by atoms with Crippen LogP contribution in [0.15, 0.2) is 0 Å². The fourth-order valence-corrected chi connectivity index (χ4v) is 3.06. The predicted octanol–water partition coefficient (Wildman–Crippen LogP) is 1.17. The standard InChI is InChI=1S/C11H22O6Si/c1-5-10(12)9-11(13)17-7-6-8-18(14-2,15-3)16-4/h5-9H2,1-4H3. The maximum absolute atomic E-state index is 11.2. The van der Waals surface area contributed by atoms with Gasteiger partial charge in [-0.05, 0) is 6.42 Å². The summed E-state index contributed by atoms with van der Waals surface area (Å²) < 4.78 is 20.6. The van der Waals surface area contributed by atoms with E-state index in [-0.39, 0.29) is 18.8 Å². The molecule has 0 aromatic rings. The third kappa shape index (κ3) is 6.25. The molecule has 0 N–H and O–H groups in total. The monoisotopic (exact) mass is 278 g/mol. The van der Waals surface area contributed by atoms with Crippen LogP contribution in [-0.2, 0) is 27.6 Å². The van der Waals surface area contributed by atoms with Crippen molar-refractivity contribution in [2.45, 2.75) is 32.2 Å². The molecule has 0 saturated carbocycles. The molecule has 0 heterocycles. The van der Waals surface area contributed by atoms with E-state index in [0.29, 0.717) is 18.9 Å². The van der Waals surface area contributed by atoms with Gasteiger partial charge in [-0.15, -0.1) is 0 Å². The molecule has 106 valence electrons. The third-order valence-corrected chi connectivity index (χ3v) is 5.39. The molecular weight excluding hydrogens is 256 g/mol. The number of ether oxygens (including phenoxy) is 1. The second-order valence-electron chi connectivity index (χ2n) is 3.69. The molecule has 18 heavy (non-hydrogen) atoms. The minimum Gasteiger partial charge on any atom is -0.465 e. The van der Waals surface area contributed by atoms with Crippen LogP contribution in [0.4, 0.5) is 0 Å². The van der Waals surface area contributed by atoms with Crippen LogP contribution in [0.5, 0.6) is 0 Å². The smallest absolute Gasteiger partial charge is 0.465 e. The summed E-state index contributed by atoms with van der Waals surface area (Å²) in [5.74, 6) is -0.601. The first kappa shape index (κ1) is 17.2. The van der Waals surface area contributed by atoms with Gasteiger partial charge in [-0.1, -0.05) is 6.92 Å². The Hall–Kier alpha value is -0.763.